The van der Waals surface area contributed by atoms with Crippen LogP contribution in [0.5, 0.6) is 0 Å². The van der Waals surface area contributed by atoms with E-state index in [1.807, 2.05) is 62.5 Å². The van der Waals surface area contributed by atoms with Gasteiger partial charge in [-0.3, -0.25) is 4.79 Å². The second-order valence-corrected chi connectivity index (χ2v) is 7.20. The lowest BCUT2D eigenvalue weighted by Gasteiger charge is -2.16. The summed E-state index contributed by atoms with van der Waals surface area (Å²) in [5, 5.41) is 4.13. The predicted molar refractivity (Wildman–Crippen MR) is 98.1 cm³/mol. The van der Waals surface area contributed by atoms with E-state index < -0.39 is 0 Å². The van der Waals surface area contributed by atoms with Gasteiger partial charge in [0.05, 0.1) is 23.3 Å². The minimum absolute atomic E-state index is 0.0222. The molecule has 0 spiro atoms. The van der Waals surface area contributed by atoms with Crippen LogP contribution in [0.3, 0.4) is 0 Å². The molecule has 3 aromatic rings. The molecule has 0 saturated carbocycles. The van der Waals surface area contributed by atoms with E-state index in [4.69, 9.17) is 0 Å². The van der Waals surface area contributed by atoms with Crippen molar-refractivity contribution in [2.75, 3.05) is 13.6 Å². The molecule has 0 saturated heterocycles. The van der Waals surface area contributed by atoms with E-state index in [9.17, 15) is 4.79 Å². The number of nitrogens with zero attached hydrogens (tertiary/aromatic N) is 1. The van der Waals surface area contributed by atoms with Crippen LogP contribution in [-0.2, 0) is 11.3 Å². The van der Waals surface area contributed by atoms with Gasteiger partial charge in [0.15, 0.2) is 6.54 Å². The van der Waals surface area contributed by atoms with Gasteiger partial charge in [-0.1, -0.05) is 42.5 Å². The number of fused-ring (bicyclic) bond motifs is 1. The van der Waals surface area contributed by atoms with Crippen LogP contribution in [-0.4, -0.2) is 24.5 Å². The summed E-state index contributed by atoms with van der Waals surface area (Å²) in [6.07, 6.45) is 0. The Morgan fingerprint density at radius 1 is 1.17 bits per heavy atom. The van der Waals surface area contributed by atoms with E-state index in [1.165, 1.54) is 4.70 Å². The Balaban J connectivity index is 1.54. The molecule has 3 rings (SSSR count). The van der Waals surface area contributed by atoms with Crippen molar-refractivity contribution in [1.29, 1.82) is 0 Å². The normalized spacial score (nSPS) is 13.6. The van der Waals surface area contributed by atoms with Gasteiger partial charge in [-0.25, -0.2) is 4.98 Å². The highest BCUT2D eigenvalue weighted by Gasteiger charge is 2.15. The largest absolute Gasteiger partial charge is 0.345 e. The number of hydrogen-bond donors (Lipinski definition) is 2. The molecule has 2 N–H and O–H groups in total. The van der Waals surface area contributed by atoms with Gasteiger partial charge in [0.1, 0.15) is 11.6 Å². The van der Waals surface area contributed by atoms with Gasteiger partial charge in [0, 0.05) is 0 Å². The molecule has 0 radical (unpaired) electrons. The number of para-hydroxylation sites is 1. The maximum Gasteiger partial charge on any atom is 0.275 e. The Morgan fingerprint density at radius 2 is 1.88 bits per heavy atom. The molecule has 0 aliphatic heterocycles. The summed E-state index contributed by atoms with van der Waals surface area (Å²) in [6.45, 7) is 3.20. The number of amides is 1. The lowest BCUT2D eigenvalue weighted by atomic mass is 10.1. The Kier molecular flexibility index (Phi) is 5.23. The predicted octanol–water partition coefficient (Wildman–Crippen LogP) is 2.19. The zero-order valence-corrected chi connectivity index (χ0v) is 14.8. The lowest BCUT2D eigenvalue weighted by molar-refractivity contribution is -0.885. The smallest absolute Gasteiger partial charge is 0.275 e. The molecule has 2 aromatic carbocycles. The highest BCUT2D eigenvalue weighted by molar-refractivity contribution is 7.18. The number of hydrogen-bond acceptors (Lipinski definition) is 3. The molecule has 0 bridgehead atoms. The number of likely N-dealkylation sites (N-methyl/N-ethyl adjacent to an activating group) is 1. The van der Waals surface area contributed by atoms with Crippen molar-refractivity contribution in [2.24, 2.45) is 0 Å². The van der Waals surface area contributed by atoms with Crippen LogP contribution in [0.2, 0.25) is 0 Å². The number of carbonyl (C=O) groups is 1. The van der Waals surface area contributed by atoms with Crippen LogP contribution in [0.1, 0.15) is 23.5 Å². The number of nitrogens with one attached hydrogen (secondary N) is 2. The first-order chi connectivity index (χ1) is 11.6. The number of rotatable bonds is 6. The fraction of sp³-hybridized carbons (Fsp3) is 0.263. The van der Waals surface area contributed by atoms with Crippen LogP contribution in [0.4, 0.5) is 0 Å². The van der Waals surface area contributed by atoms with E-state index in [-0.39, 0.29) is 11.9 Å². The van der Waals surface area contributed by atoms with Gasteiger partial charge in [0.25, 0.3) is 5.91 Å². The molecule has 0 aliphatic rings. The third-order valence-corrected chi connectivity index (χ3v) is 4.97. The molecule has 1 unspecified atom stereocenters. The molecule has 5 heteroatoms. The molecule has 1 heterocycles. The monoisotopic (exact) mass is 340 g/mol. The van der Waals surface area contributed by atoms with Crippen molar-refractivity contribution in [1.82, 2.24) is 10.3 Å². The van der Waals surface area contributed by atoms with Crippen molar-refractivity contribution in [2.45, 2.75) is 19.5 Å². The van der Waals surface area contributed by atoms with Crippen LogP contribution < -0.4 is 10.2 Å². The van der Waals surface area contributed by atoms with E-state index >= 15 is 0 Å². The first kappa shape index (κ1) is 16.6. The quantitative estimate of drug-likeness (QED) is 0.723. The topological polar surface area (TPSA) is 46.4 Å². The molecular weight excluding hydrogens is 318 g/mol. The van der Waals surface area contributed by atoms with E-state index in [0.717, 1.165) is 27.5 Å². The Bertz CT molecular complexity index is 783. The molecule has 4 nitrogen and oxygen atoms in total. The summed E-state index contributed by atoms with van der Waals surface area (Å²) in [6, 6.07) is 18.2. The molecule has 2 atom stereocenters. The van der Waals surface area contributed by atoms with Crippen LogP contribution in [0, 0.1) is 0 Å². The fourth-order valence-corrected chi connectivity index (χ4v) is 3.79. The molecule has 0 fully saturated rings. The van der Waals surface area contributed by atoms with Gasteiger partial charge < -0.3 is 10.2 Å². The van der Waals surface area contributed by atoms with Gasteiger partial charge >= 0.3 is 0 Å². The summed E-state index contributed by atoms with van der Waals surface area (Å²) >= 11 is 1.70. The van der Waals surface area contributed by atoms with Crippen molar-refractivity contribution in [3.05, 3.63) is 65.2 Å². The zero-order valence-electron chi connectivity index (χ0n) is 14.0. The zero-order chi connectivity index (χ0) is 16.9. The van der Waals surface area contributed by atoms with Gasteiger partial charge in [0.2, 0.25) is 0 Å². The number of quaternary nitrogens is 1. The fourth-order valence-electron chi connectivity index (χ4n) is 2.71. The average Bonchev–Trinajstić information content (AvgIpc) is 2.97. The number of aromatic nitrogens is 1. The minimum atomic E-state index is 0.0222. The van der Waals surface area contributed by atoms with Gasteiger partial charge in [-0.2, -0.15) is 0 Å². The average molecular weight is 340 g/mol. The van der Waals surface area contributed by atoms with E-state index in [0.29, 0.717) is 6.54 Å². The number of benzene rings is 2. The third kappa shape index (κ3) is 4.19. The minimum Gasteiger partial charge on any atom is -0.345 e. The molecule has 0 aliphatic carbocycles. The second-order valence-electron chi connectivity index (χ2n) is 6.09. The molecule has 1 aromatic heterocycles. The van der Waals surface area contributed by atoms with E-state index in [2.05, 4.69) is 16.4 Å². The summed E-state index contributed by atoms with van der Waals surface area (Å²) in [5.41, 5.74) is 2.15. The summed E-state index contributed by atoms with van der Waals surface area (Å²) < 4.78 is 1.20. The van der Waals surface area contributed by atoms with Crippen molar-refractivity contribution < 1.29 is 9.69 Å². The molecule has 1 amide bonds. The third-order valence-electron chi connectivity index (χ3n) is 3.93. The summed E-state index contributed by atoms with van der Waals surface area (Å²) in [5.74, 6) is 0.0602. The Labute approximate surface area is 146 Å². The SMILES string of the molecule is C[C@@H](NC(=O)C[NH+](C)Cc1nc2ccccc2s1)c1ccccc1. The second kappa shape index (κ2) is 7.55. The van der Waals surface area contributed by atoms with Crippen molar-refractivity contribution in [3.63, 3.8) is 0 Å². The van der Waals surface area contributed by atoms with Crippen LogP contribution in [0.25, 0.3) is 10.2 Å². The standard InChI is InChI=1S/C19H21N3OS/c1-14(15-8-4-3-5-9-15)20-18(23)12-22(2)13-19-21-16-10-6-7-11-17(16)24-19/h3-11,14H,12-13H2,1-2H3,(H,20,23)/p+1/t14-/m1/s1. The first-order valence-electron chi connectivity index (χ1n) is 8.12. The Hall–Kier alpha value is -2.24. The first-order valence-corrected chi connectivity index (χ1v) is 8.93. The summed E-state index contributed by atoms with van der Waals surface area (Å²) in [4.78, 5) is 18.0. The molecule has 24 heavy (non-hydrogen) atoms. The van der Waals surface area contributed by atoms with Gasteiger partial charge in [-0.15, -0.1) is 11.3 Å². The van der Waals surface area contributed by atoms with E-state index in [1.54, 1.807) is 11.3 Å². The number of carbonyl (C=O) groups excluding carboxylic acids is 1. The maximum atomic E-state index is 12.3. The Morgan fingerprint density at radius 3 is 2.62 bits per heavy atom. The van der Waals surface area contributed by atoms with Crippen molar-refractivity contribution in [3.8, 4) is 0 Å². The van der Waals surface area contributed by atoms with Crippen LogP contribution >= 0.6 is 11.3 Å². The maximum absolute atomic E-state index is 12.3. The number of thiazole rings is 1. The molecule has 124 valence electrons. The van der Waals surface area contributed by atoms with Gasteiger partial charge in [-0.05, 0) is 24.6 Å². The summed E-state index contributed by atoms with van der Waals surface area (Å²) in [7, 11) is 2.03. The molecular formula is C19H22N3OS+. The van der Waals surface area contributed by atoms with Crippen molar-refractivity contribution >= 4 is 27.5 Å². The highest BCUT2D eigenvalue weighted by Crippen LogP contribution is 2.20. The van der Waals surface area contributed by atoms with Crippen LogP contribution in [0.15, 0.2) is 54.6 Å². The lowest BCUT2D eigenvalue weighted by Crippen LogP contribution is -3.08. The highest BCUT2D eigenvalue weighted by atomic mass is 32.1.